The molecule has 1 atom stereocenters. The van der Waals surface area contributed by atoms with Crippen LogP contribution in [0.5, 0.6) is 6.01 Å². The minimum Gasteiger partial charge on any atom is -0.467 e. The van der Waals surface area contributed by atoms with E-state index in [0.717, 1.165) is 49.4 Å². The van der Waals surface area contributed by atoms with Crippen LogP contribution in [0.4, 0.5) is 5.82 Å². The molecule has 1 amide bonds. The second-order valence-corrected chi connectivity index (χ2v) is 8.54. The van der Waals surface area contributed by atoms with Gasteiger partial charge in [-0.15, -0.1) is 0 Å². The van der Waals surface area contributed by atoms with Gasteiger partial charge >= 0.3 is 6.01 Å². The smallest absolute Gasteiger partial charge is 0.318 e. The monoisotopic (exact) mass is 432 g/mol. The van der Waals surface area contributed by atoms with Gasteiger partial charge in [-0.1, -0.05) is 12.6 Å². The van der Waals surface area contributed by atoms with E-state index in [2.05, 4.69) is 40.7 Å². The van der Waals surface area contributed by atoms with Crippen LogP contribution in [0.15, 0.2) is 31.0 Å². The zero-order chi connectivity index (χ0) is 22.2. The van der Waals surface area contributed by atoms with Crippen LogP contribution in [0.2, 0.25) is 0 Å². The lowest BCUT2D eigenvalue weighted by molar-refractivity contribution is -0.126. The normalized spacial score (nSPS) is 18.5. The number of piperazine rings is 1. The maximum atomic E-state index is 12.0. The van der Waals surface area contributed by atoms with E-state index in [1.807, 2.05) is 11.1 Å². The van der Waals surface area contributed by atoms with Gasteiger partial charge in [-0.05, 0) is 55.4 Å². The van der Waals surface area contributed by atoms with Crippen molar-refractivity contribution in [3.05, 3.63) is 53.4 Å². The molecule has 166 valence electrons. The standard InChI is InChI=1S/C24H28N6O2/c1-4-21(31)29-9-11-30(12-10-29)23-17-7-6-16(13-20(17)26-24(27-23)32-3)22-15(2)5-8-19-18(22)14-25-28-19/h4-5,8,14,16H,1,6-7,9-13H2,2-3H3,(H,25,28). The zero-order valence-corrected chi connectivity index (χ0v) is 18.6. The van der Waals surface area contributed by atoms with Gasteiger partial charge in [0.25, 0.3) is 0 Å². The van der Waals surface area contributed by atoms with Crippen molar-refractivity contribution in [2.75, 3.05) is 38.2 Å². The van der Waals surface area contributed by atoms with E-state index in [9.17, 15) is 4.79 Å². The molecule has 8 heteroatoms. The third-order valence-corrected chi connectivity index (χ3v) is 6.77. The summed E-state index contributed by atoms with van der Waals surface area (Å²) >= 11 is 0. The Labute approximate surface area is 187 Å². The number of anilines is 1. The topological polar surface area (TPSA) is 87.2 Å². The summed E-state index contributed by atoms with van der Waals surface area (Å²) in [5.74, 6) is 1.31. The number of hydrogen-bond acceptors (Lipinski definition) is 6. The summed E-state index contributed by atoms with van der Waals surface area (Å²) in [6.45, 7) is 8.58. The quantitative estimate of drug-likeness (QED) is 0.638. The maximum Gasteiger partial charge on any atom is 0.318 e. The predicted octanol–water partition coefficient (Wildman–Crippen LogP) is 2.78. The molecule has 32 heavy (non-hydrogen) atoms. The Morgan fingerprint density at radius 2 is 2.06 bits per heavy atom. The molecule has 5 rings (SSSR count). The fraction of sp³-hybridized carbons (Fsp3) is 0.417. The van der Waals surface area contributed by atoms with Gasteiger partial charge in [-0.25, -0.2) is 0 Å². The predicted molar refractivity (Wildman–Crippen MR) is 123 cm³/mol. The number of aromatic amines is 1. The van der Waals surface area contributed by atoms with Crippen molar-refractivity contribution in [3.63, 3.8) is 0 Å². The number of aryl methyl sites for hydroxylation is 1. The molecule has 0 saturated carbocycles. The third kappa shape index (κ3) is 3.49. The molecule has 2 aliphatic rings. The van der Waals surface area contributed by atoms with Gasteiger partial charge in [0.2, 0.25) is 5.91 Å². The second kappa shape index (κ2) is 8.26. The lowest BCUT2D eigenvalue weighted by atomic mass is 9.79. The number of aromatic nitrogens is 4. The lowest BCUT2D eigenvalue weighted by Crippen LogP contribution is -2.49. The van der Waals surface area contributed by atoms with Crippen LogP contribution in [-0.2, 0) is 17.6 Å². The number of methoxy groups -OCH3 is 1. The molecule has 1 saturated heterocycles. The molecule has 1 aromatic carbocycles. The first kappa shape index (κ1) is 20.5. The molecule has 8 nitrogen and oxygen atoms in total. The van der Waals surface area contributed by atoms with Gasteiger partial charge in [-0.2, -0.15) is 15.1 Å². The minimum absolute atomic E-state index is 0.0152. The first-order valence-electron chi connectivity index (χ1n) is 11.1. The van der Waals surface area contributed by atoms with Gasteiger partial charge in [0.1, 0.15) is 5.82 Å². The van der Waals surface area contributed by atoms with Crippen molar-refractivity contribution in [3.8, 4) is 6.01 Å². The number of nitrogens with one attached hydrogen (secondary N) is 1. The summed E-state index contributed by atoms with van der Waals surface area (Å²) in [4.78, 5) is 25.5. The van der Waals surface area contributed by atoms with Crippen LogP contribution in [-0.4, -0.2) is 64.3 Å². The number of carbonyl (C=O) groups is 1. The number of rotatable bonds is 4. The highest BCUT2D eigenvalue weighted by molar-refractivity contribution is 5.87. The number of benzene rings is 1. The fourth-order valence-corrected chi connectivity index (χ4v) is 5.13. The minimum atomic E-state index is -0.0152. The van der Waals surface area contributed by atoms with E-state index in [0.29, 0.717) is 25.0 Å². The van der Waals surface area contributed by atoms with Crippen molar-refractivity contribution < 1.29 is 9.53 Å². The van der Waals surface area contributed by atoms with Crippen molar-refractivity contribution in [2.45, 2.75) is 32.1 Å². The summed E-state index contributed by atoms with van der Waals surface area (Å²) in [5, 5.41) is 8.55. The van der Waals surface area contributed by atoms with Gasteiger partial charge in [0.15, 0.2) is 0 Å². The molecule has 0 radical (unpaired) electrons. The molecule has 2 aromatic heterocycles. The van der Waals surface area contributed by atoms with Gasteiger partial charge in [0.05, 0.1) is 24.5 Å². The van der Waals surface area contributed by atoms with Gasteiger partial charge in [0, 0.05) is 37.1 Å². The van der Waals surface area contributed by atoms with E-state index in [1.165, 1.54) is 28.2 Å². The molecule has 1 N–H and O–H groups in total. The summed E-state index contributed by atoms with van der Waals surface area (Å²) in [6, 6.07) is 4.67. The molecule has 1 fully saturated rings. The molecule has 1 unspecified atom stereocenters. The average Bonchev–Trinajstić information content (AvgIpc) is 3.31. The first-order chi connectivity index (χ1) is 15.6. The second-order valence-electron chi connectivity index (χ2n) is 8.54. The Morgan fingerprint density at radius 1 is 1.25 bits per heavy atom. The van der Waals surface area contributed by atoms with E-state index in [-0.39, 0.29) is 5.91 Å². The van der Waals surface area contributed by atoms with E-state index < -0.39 is 0 Å². The highest BCUT2D eigenvalue weighted by atomic mass is 16.5. The van der Waals surface area contributed by atoms with Crippen LogP contribution < -0.4 is 9.64 Å². The van der Waals surface area contributed by atoms with Crippen molar-refractivity contribution >= 4 is 22.6 Å². The molecular weight excluding hydrogens is 404 g/mol. The first-order valence-corrected chi connectivity index (χ1v) is 11.1. The number of carbonyl (C=O) groups excluding carboxylic acids is 1. The molecular formula is C24H28N6O2. The van der Waals surface area contributed by atoms with Crippen molar-refractivity contribution in [1.29, 1.82) is 0 Å². The van der Waals surface area contributed by atoms with E-state index in [1.54, 1.807) is 7.11 Å². The SMILES string of the molecule is C=CC(=O)N1CCN(c2nc(OC)nc3c2CCC(c2c(C)ccc4[nH]ncc24)C3)CC1. The van der Waals surface area contributed by atoms with Crippen LogP contribution in [0.3, 0.4) is 0 Å². The molecule has 0 spiro atoms. The zero-order valence-electron chi connectivity index (χ0n) is 18.6. The maximum absolute atomic E-state index is 12.0. The number of amides is 1. The average molecular weight is 433 g/mol. The Bertz CT molecular complexity index is 1180. The summed E-state index contributed by atoms with van der Waals surface area (Å²) in [6.07, 6.45) is 6.12. The van der Waals surface area contributed by atoms with Crippen LogP contribution >= 0.6 is 0 Å². The Kier molecular flexibility index (Phi) is 5.28. The Morgan fingerprint density at radius 3 is 2.81 bits per heavy atom. The van der Waals surface area contributed by atoms with Crippen molar-refractivity contribution in [1.82, 2.24) is 25.1 Å². The molecule has 0 bridgehead atoms. The number of ether oxygens (including phenoxy) is 1. The third-order valence-electron chi connectivity index (χ3n) is 6.77. The molecule has 3 aromatic rings. The number of nitrogens with zero attached hydrogens (tertiary/aromatic N) is 5. The molecule has 1 aliphatic heterocycles. The highest BCUT2D eigenvalue weighted by Crippen LogP contribution is 2.40. The van der Waals surface area contributed by atoms with Gasteiger partial charge < -0.3 is 14.5 Å². The van der Waals surface area contributed by atoms with Gasteiger partial charge in [-0.3, -0.25) is 9.89 Å². The number of fused-ring (bicyclic) bond motifs is 2. The number of hydrogen-bond donors (Lipinski definition) is 1. The van der Waals surface area contributed by atoms with Crippen molar-refractivity contribution in [2.24, 2.45) is 0 Å². The van der Waals surface area contributed by atoms with E-state index >= 15 is 0 Å². The molecule has 1 aliphatic carbocycles. The summed E-state index contributed by atoms with van der Waals surface area (Å²) in [5.41, 5.74) is 5.99. The summed E-state index contributed by atoms with van der Waals surface area (Å²) < 4.78 is 5.47. The largest absolute Gasteiger partial charge is 0.467 e. The van der Waals surface area contributed by atoms with E-state index in [4.69, 9.17) is 14.7 Å². The highest BCUT2D eigenvalue weighted by Gasteiger charge is 2.30. The lowest BCUT2D eigenvalue weighted by Gasteiger charge is -2.37. The van der Waals surface area contributed by atoms with Crippen LogP contribution in [0.1, 0.15) is 34.7 Å². The number of H-pyrrole nitrogens is 1. The Balaban J connectivity index is 1.46. The Hall–Kier alpha value is -3.42. The molecule has 3 heterocycles. The van der Waals surface area contributed by atoms with Crippen LogP contribution in [0.25, 0.3) is 10.9 Å². The summed E-state index contributed by atoms with van der Waals surface area (Å²) in [7, 11) is 1.61. The fourth-order valence-electron chi connectivity index (χ4n) is 5.13. The van der Waals surface area contributed by atoms with Crippen LogP contribution in [0, 0.1) is 6.92 Å².